The van der Waals surface area contributed by atoms with E-state index in [1.807, 2.05) is 30.3 Å². The summed E-state index contributed by atoms with van der Waals surface area (Å²) in [6.07, 6.45) is 5.06. The number of rotatable bonds is 4. The molecule has 0 amide bonds. The van der Waals surface area contributed by atoms with E-state index >= 15 is 0 Å². The van der Waals surface area contributed by atoms with Gasteiger partial charge in [-0.15, -0.1) is 0 Å². The summed E-state index contributed by atoms with van der Waals surface area (Å²) in [6, 6.07) is 9.50. The molecule has 0 heterocycles. The minimum Gasteiger partial charge on any atom is -0.344 e. The standard InChI is InChI=1S/C13H16O3/c1-15-13(16-14,12-9-5-6-10-12)11-7-3-2-4-8-11/h2-4,7-9,14H,5-6,10H2,1H3. The van der Waals surface area contributed by atoms with Gasteiger partial charge < -0.3 is 4.74 Å². The first kappa shape index (κ1) is 11.3. The summed E-state index contributed by atoms with van der Waals surface area (Å²) in [5, 5.41) is 9.22. The second-order valence-electron chi connectivity index (χ2n) is 3.90. The Bertz CT molecular complexity index is 366. The van der Waals surface area contributed by atoms with Gasteiger partial charge in [-0.3, -0.25) is 0 Å². The maximum absolute atomic E-state index is 9.22. The number of hydrogen-bond donors (Lipinski definition) is 1. The van der Waals surface area contributed by atoms with Gasteiger partial charge in [0.25, 0.3) is 0 Å². The fraction of sp³-hybridized carbons (Fsp3) is 0.385. The molecular formula is C13H16O3. The van der Waals surface area contributed by atoms with Crippen LogP contribution >= 0.6 is 0 Å². The highest BCUT2D eigenvalue weighted by molar-refractivity contribution is 5.31. The summed E-state index contributed by atoms with van der Waals surface area (Å²) >= 11 is 0. The molecule has 0 aliphatic heterocycles. The average molecular weight is 220 g/mol. The summed E-state index contributed by atoms with van der Waals surface area (Å²) in [5.74, 6) is -1.13. The maximum atomic E-state index is 9.22. The van der Waals surface area contributed by atoms with Gasteiger partial charge in [0.05, 0.1) is 0 Å². The van der Waals surface area contributed by atoms with Gasteiger partial charge in [-0.25, -0.2) is 5.26 Å². The van der Waals surface area contributed by atoms with Crippen LogP contribution in [0.3, 0.4) is 0 Å². The topological polar surface area (TPSA) is 38.7 Å². The van der Waals surface area contributed by atoms with E-state index in [2.05, 4.69) is 11.0 Å². The van der Waals surface area contributed by atoms with Crippen molar-refractivity contribution in [3.63, 3.8) is 0 Å². The lowest BCUT2D eigenvalue weighted by Gasteiger charge is -2.30. The molecule has 0 bridgehead atoms. The second kappa shape index (κ2) is 4.78. The molecular weight excluding hydrogens is 204 g/mol. The SMILES string of the molecule is COC(OO)(C1=CCCC1)c1ccccc1. The number of hydrogen-bond acceptors (Lipinski definition) is 3. The number of benzene rings is 1. The molecule has 86 valence electrons. The third-order valence-electron chi connectivity index (χ3n) is 3.03. The monoisotopic (exact) mass is 220 g/mol. The van der Waals surface area contributed by atoms with Crippen molar-refractivity contribution in [2.45, 2.75) is 25.0 Å². The fourth-order valence-electron chi connectivity index (χ4n) is 2.21. The molecule has 1 unspecified atom stereocenters. The molecule has 1 aromatic carbocycles. The molecule has 0 spiro atoms. The maximum Gasteiger partial charge on any atom is 0.249 e. The van der Waals surface area contributed by atoms with Crippen LogP contribution < -0.4 is 0 Å². The lowest BCUT2D eigenvalue weighted by atomic mass is 9.97. The number of ether oxygens (including phenoxy) is 1. The van der Waals surface area contributed by atoms with Crippen LogP contribution in [0.1, 0.15) is 24.8 Å². The van der Waals surface area contributed by atoms with Crippen LogP contribution in [0.2, 0.25) is 0 Å². The van der Waals surface area contributed by atoms with Crippen LogP contribution in [0.15, 0.2) is 42.0 Å². The molecule has 0 saturated heterocycles. The minimum atomic E-state index is -1.13. The van der Waals surface area contributed by atoms with E-state index in [9.17, 15) is 5.26 Å². The second-order valence-corrected chi connectivity index (χ2v) is 3.90. The van der Waals surface area contributed by atoms with Gasteiger partial charge in [-0.05, 0) is 24.8 Å². The van der Waals surface area contributed by atoms with E-state index in [4.69, 9.17) is 4.74 Å². The Balaban J connectivity index is 2.42. The highest BCUT2D eigenvalue weighted by Crippen LogP contribution is 2.39. The zero-order valence-corrected chi connectivity index (χ0v) is 9.35. The molecule has 2 rings (SSSR count). The Morgan fingerprint density at radius 3 is 2.50 bits per heavy atom. The van der Waals surface area contributed by atoms with Crippen molar-refractivity contribution in [1.29, 1.82) is 0 Å². The third-order valence-corrected chi connectivity index (χ3v) is 3.03. The molecule has 0 aromatic heterocycles. The Morgan fingerprint density at radius 2 is 2.00 bits per heavy atom. The van der Waals surface area contributed by atoms with Crippen LogP contribution in [0.4, 0.5) is 0 Å². The molecule has 1 aromatic rings. The minimum absolute atomic E-state index is 0.813. The van der Waals surface area contributed by atoms with E-state index in [1.54, 1.807) is 7.11 Å². The zero-order valence-electron chi connectivity index (χ0n) is 9.35. The number of methoxy groups -OCH3 is 1. The molecule has 3 nitrogen and oxygen atoms in total. The van der Waals surface area contributed by atoms with Crippen molar-refractivity contribution < 1.29 is 14.9 Å². The van der Waals surface area contributed by atoms with Gasteiger partial charge in [0, 0.05) is 12.7 Å². The zero-order chi connectivity index (χ0) is 11.4. The van der Waals surface area contributed by atoms with Gasteiger partial charge in [-0.1, -0.05) is 36.4 Å². The molecule has 0 saturated carbocycles. The lowest BCUT2D eigenvalue weighted by molar-refractivity contribution is -0.392. The van der Waals surface area contributed by atoms with Gasteiger partial charge in [-0.2, -0.15) is 4.89 Å². The largest absolute Gasteiger partial charge is 0.344 e. The smallest absolute Gasteiger partial charge is 0.249 e. The van der Waals surface area contributed by atoms with Crippen molar-refractivity contribution in [3.05, 3.63) is 47.5 Å². The molecule has 1 atom stereocenters. The average Bonchev–Trinajstić information content (AvgIpc) is 2.87. The van der Waals surface area contributed by atoms with Crippen LogP contribution in [-0.2, 0) is 15.4 Å². The van der Waals surface area contributed by atoms with Gasteiger partial charge in [0.1, 0.15) is 0 Å². The van der Waals surface area contributed by atoms with Crippen molar-refractivity contribution in [2.24, 2.45) is 0 Å². The molecule has 0 fully saturated rings. The molecule has 1 N–H and O–H groups in total. The Kier molecular flexibility index (Phi) is 3.39. The fourth-order valence-corrected chi connectivity index (χ4v) is 2.21. The van der Waals surface area contributed by atoms with Gasteiger partial charge >= 0.3 is 0 Å². The van der Waals surface area contributed by atoms with Crippen LogP contribution in [0, 0.1) is 0 Å². The van der Waals surface area contributed by atoms with Crippen molar-refractivity contribution in [2.75, 3.05) is 7.11 Å². The predicted molar refractivity (Wildman–Crippen MR) is 60.8 cm³/mol. The van der Waals surface area contributed by atoms with E-state index < -0.39 is 5.79 Å². The summed E-state index contributed by atoms with van der Waals surface area (Å²) in [6.45, 7) is 0. The molecule has 1 aliphatic rings. The Morgan fingerprint density at radius 1 is 1.25 bits per heavy atom. The first-order valence-electron chi connectivity index (χ1n) is 5.46. The summed E-state index contributed by atoms with van der Waals surface area (Å²) in [7, 11) is 1.54. The normalized spacial score (nSPS) is 19.2. The summed E-state index contributed by atoms with van der Waals surface area (Å²) in [4.78, 5) is 4.67. The summed E-state index contributed by atoms with van der Waals surface area (Å²) < 4.78 is 5.42. The Labute approximate surface area is 95.2 Å². The summed E-state index contributed by atoms with van der Waals surface area (Å²) in [5.41, 5.74) is 1.80. The lowest BCUT2D eigenvalue weighted by Crippen LogP contribution is -2.32. The quantitative estimate of drug-likeness (QED) is 0.367. The highest BCUT2D eigenvalue weighted by Gasteiger charge is 2.39. The molecule has 3 heteroatoms. The Hall–Kier alpha value is -1.16. The predicted octanol–water partition coefficient (Wildman–Crippen LogP) is 3.09. The van der Waals surface area contributed by atoms with E-state index in [1.165, 1.54) is 0 Å². The van der Waals surface area contributed by atoms with Gasteiger partial charge in [0.2, 0.25) is 5.79 Å². The molecule has 0 radical (unpaired) electrons. The van der Waals surface area contributed by atoms with Crippen molar-refractivity contribution >= 4 is 0 Å². The van der Waals surface area contributed by atoms with E-state index in [0.717, 1.165) is 30.4 Å². The van der Waals surface area contributed by atoms with Crippen LogP contribution in [0.25, 0.3) is 0 Å². The van der Waals surface area contributed by atoms with E-state index in [-0.39, 0.29) is 0 Å². The molecule has 1 aliphatic carbocycles. The van der Waals surface area contributed by atoms with Crippen molar-refractivity contribution in [1.82, 2.24) is 0 Å². The first-order valence-corrected chi connectivity index (χ1v) is 5.46. The molecule has 16 heavy (non-hydrogen) atoms. The third kappa shape index (κ3) is 1.78. The van der Waals surface area contributed by atoms with Gasteiger partial charge in [0.15, 0.2) is 0 Å². The van der Waals surface area contributed by atoms with Crippen LogP contribution in [0.5, 0.6) is 0 Å². The van der Waals surface area contributed by atoms with Crippen LogP contribution in [-0.4, -0.2) is 12.4 Å². The number of allylic oxidation sites excluding steroid dienone is 1. The highest BCUT2D eigenvalue weighted by atomic mass is 17.1. The van der Waals surface area contributed by atoms with E-state index in [0.29, 0.717) is 0 Å². The first-order chi connectivity index (χ1) is 7.83. The van der Waals surface area contributed by atoms with Crippen molar-refractivity contribution in [3.8, 4) is 0 Å².